The molecule has 0 spiro atoms. The number of nitrogens with one attached hydrogen (secondary N) is 1. The minimum absolute atomic E-state index is 0.0756. The molecule has 7 heteroatoms. The molecule has 1 aromatic heterocycles. The molecule has 0 bridgehead atoms. The Kier molecular flexibility index (Phi) is 7.57. The van der Waals surface area contributed by atoms with E-state index in [1.807, 2.05) is 42.5 Å². The zero-order valence-corrected chi connectivity index (χ0v) is 17.2. The van der Waals surface area contributed by atoms with E-state index in [2.05, 4.69) is 10.3 Å². The van der Waals surface area contributed by atoms with Crippen LogP contribution in [0, 0.1) is 5.82 Å². The Morgan fingerprint density at radius 2 is 1.97 bits per heavy atom. The number of thioether (sulfide) groups is 1. The van der Waals surface area contributed by atoms with Gasteiger partial charge >= 0.3 is 0 Å². The number of hydrogen-bond donors (Lipinski definition) is 1. The van der Waals surface area contributed by atoms with E-state index in [1.54, 1.807) is 12.3 Å². The first-order chi connectivity index (χ1) is 14.5. The number of amides is 1. The fourth-order valence-electron chi connectivity index (χ4n) is 2.62. The van der Waals surface area contributed by atoms with E-state index >= 15 is 0 Å². The van der Waals surface area contributed by atoms with Crippen molar-refractivity contribution in [2.24, 2.45) is 0 Å². The van der Waals surface area contributed by atoms with Crippen LogP contribution >= 0.6 is 11.8 Å². The number of Topliss-reactive ketones (excluding diaryl/α,β-unsaturated/α-hetero) is 1. The Balaban J connectivity index is 1.47. The SMILES string of the molecule is CC(=O)c1ccc(SCC(=O)NCc2cccc(OCc3ccccn3)c2)c(F)c1. The van der Waals surface area contributed by atoms with Crippen LogP contribution in [-0.2, 0) is 17.9 Å². The molecule has 1 heterocycles. The maximum absolute atomic E-state index is 14.0. The van der Waals surface area contributed by atoms with Gasteiger partial charge in [-0.25, -0.2) is 4.39 Å². The van der Waals surface area contributed by atoms with Crippen LogP contribution in [0.4, 0.5) is 4.39 Å². The normalized spacial score (nSPS) is 10.5. The number of benzene rings is 2. The number of carbonyl (C=O) groups is 2. The lowest BCUT2D eigenvalue weighted by atomic mass is 10.1. The molecule has 0 saturated heterocycles. The summed E-state index contributed by atoms with van der Waals surface area (Å²) in [6.07, 6.45) is 1.71. The van der Waals surface area contributed by atoms with Crippen LogP contribution in [0.1, 0.15) is 28.5 Å². The molecule has 0 saturated carbocycles. The second kappa shape index (κ2) is 10.5. The van der Waals surface area contributed by atoms with E-state index in [-0.39, 0.29) is 17.4 Å². The summed E-state index contributed by atoms with van der Waals surface area (Å²) in [5.74, 6) is -0.149. The second-order valence-electron chi connectivity index (χ2n) is 6.52. The molecule has 0 fully saturated rings. The highest BCUT2D eigenvalue weighted by Crippen LogP contribution is 2.23. The van der Waals surface area contributed by atoms with Gasteiger partial charge in [-0.15, -0.1) is 11.8 Å². The van der Waals surface area contributed by atoms with Crippen LogP contribution in [0.3, 0.4) is 0 Å². The van der Waals surface area contributed by atoms with Gasteiger partial charge in [0.05, 0.1) is 11.4 Å². The molecule has 0 aliphatic rings. The summed E-state index contributed by atoms with van der Waals surface area (Å²) in [6.45, 7) is 2.08. The van der Waals surface area contributed by atoms with Crippen LogP contribution in [0.15, 0.2) is 71.8 Å². The highest BCUT2D eigenvalue weighted by molar-refractivity contribution is 8.00. The number of ketones is 1. The minimum atomic E-state index is -0.502. The van der Waals surface area contributed by atoms with Crippen molar-refractivity contribution in [3.8, 4) is 5.75 Å². The zero-order chi connectivity index (χ0) is 21.3. The molecule has 1 amide bonds. The number of halogens is 1. The first-order valence-corrected chi connectivity index (χ1v) is 10.3. The Morgan fingerprint density at radius 1 is 1.10 bits per heavy atom. The van der Waals surface area contributed by atoms with Gasteiger partial charge in [0.2, 0.25) is 5.91 Å². The zero-order valence-electron chi connectivity index (χ0n) is 16.4. The maximum atomic E-state index is 14.0. The lowest BCUT2D eigenvalue weighted by molar-refractivity contribution is -0.118. The summed E-state index contributed by atoms with van der Waals surface area (Å²) >= 11 is 1.09. The quantitative estimate of drug-likeness (QED) is 0.407. The summed E-state index contributed by atoms with van der Waals surface area (Å²) in [6, 6.07) is 17.4. The van der Waals surface area contributed by atoms with Crippen LogP contribution in [0.25, 0.3) is 0 Å². The number of carbonyl (C=O) groups excluding carboxylic acids is 2. The highest BCUT2D eigenvalue weighted by Gasteiger charge is 2.10. The number of nitrogens with zero attached hydrogens (tertiary/aromatic N) is 1. The fraction of sp³-hybridized carbons (Fsp3) is 0.174. The molecule has 0 aliphatic carbocycles. The maximum Gasteiger partial charge on any atom is 0.230 e. The van der Waals surface area contributed by atoms with Crippen LogP contribution < -0.4 is 10.1 Å². The lowest BCUT2D eigenvalue weighted by Gasteiger charge is -2.09. The van der Waals surface area contributed by atoms with Crippen molar-refractivity contribution in [3.05, 3.63) is 89.5 Å². The van der Waals surface area contributed by atoms with Crippen molar-refractivity contribution in [2.75, 3.05) is 5.75 Å². The standard InChI is InChI=1S/C23H21FN2O3S/c1-16(27)18-8-9-22(21(24)12-18)30-15-23(28)26-13-17-5-4-7-20(11-17)29-14-19-6-2-3-10-25-19/h2-12H,13-15H2,1H3,(H,26,28). The molecule has 3 rings (SSSR count). The van der Waals surface area contributed by atoms with Crippen molar-refractivity contribution >= 4 is 23.5 Å². The molecule has 0 radical (unpaired) electrons. The Morgan fingerprint density at radius 3 is 2.70 bits per heavy atom. The molecule has 3 aromatic rings. The predicted octanol–water partition coefficient (Wildman–Crippen LogP) is 4.41. The first kappa shape index (κ1) is 21.5. The summed E-state index contributed by atoms with van der Waals surface area (Å²) in [5, 5.41) is 2.82. The molecule has 0 aliphatic heterocycles. The van der Waals surface area contributed by atoms with Gasteiger partial charge in [0.15, 0.2) is 5.78 Å². The van der Waals surface area contributed by atoms with Gasteiger partial charge in [0, 0.05) is 23.2 Å². The van der Waals surface area contributed by atoms with Crippen molar-refractivity contribution < 1.29 is 18.7 Å². The number of pyridine rings is 1. The smallest absolute Gasteiger partial charge is 0.230 e. The van der Waals surface area contributed by atoms with Crippen molar-refractivity contribution in [1.29, 1.82) is 0 Å². The van der Waals surface area contributed by atoms with E-state index in [1.165, 1.54) is 19.1 Å². The number of hydrogen-bond acceptors (Lipinski definition) is 5. The van der Waals surface area contributed by atoms with Gasteiger partial charge in [-0.1, -0.05) is 24.3 Å². The monoisotopic (exact) mass is 424 g/mol. The van der Waals surface area contributed by atoms with E-state index in [4.69, 9.17) is 4.74 Å². The third-order valence-corrected chi connectivity index (χ3v) is 5.25. The van der Waals surface area contributed by atoms with Gasteiger partial charge in [0.25, 0.3) is 0 Å². The van der Waals surface area contributed by atoms with Crippen molar-refractivity contribution in [1.82, 2.24) is 10.3 Å². The summed E-state index contributed by atoms with van der Waals surface area (Å²) < 4.78 is 19.8. The fourth-order valence-corrected chi connectivity index (χ4v) is 3.37. The largest absolute Gasteiger partial charge is 0.487 e. The van der Waals surface area contributed by atoms with E-state index < -0.39 is 5.82 Å². The van der Waals surface area contributed by atoms with Gasteiger partial charge in [0.1, 0.15) is 18.2 Å². The summed E-state index contributed by atoms with van der Waals surface area (Å²) in [5.41, 5.74) is 2.03. The predicted molar refractivity (Wildman–Crippen MR) is 114 cm³/mol. The molecule has 5 nitrogen and oxygen atoms in total. The number of ether oxygens (including phenoxy) is 1. The van der Waals surface area contributed by atoms with E-state index in [0.29, 0.717) is 29.4 Å². The van der Waals surface area contributed by atoms with Gasteiger partial charge in [-0.05, 0) is 48.9 Å². The van der Waals surface area contributed by atoms with Crippen LogP contribution in [-0.4, -0.2) is 22.4 Å². The number of rotatable bonds is 9. The number of aromatic nitrogens is 1. The summed E-state index contributed by atoms with van der Waals surface area (Å²) in [7, 11) is 0. The molecule has 0 unspecified atom stereocenters. The first-order valence-electron chi connectivity index (χ1n) is 9.33. The molecule has 30 heavy (non-hydrogen) atoms. The summed E-state index contributed by atoms with van der Waals surface area (Å²) in [4.78, 5) is 28.0. The second-order valence-corrected chi connectivity index (χ2v) is 7.54. The van der Waals surface area contributed by atoms with Gasteiger partial charge < -0.3 is 10.1 Å². The Bertz CT molecular complexity index is 1030. The van der Waals surface area contributed by atoms with Gasteiger partial charge in [-0.3, -0.25) is 14.6 Å². The van der Waals surface area contributed by atoms with Gasteiger partial charge in [-0.2, -0.15) is 0 Å². The molecular weight excluding hydrogens is 403 g/mol. The average molecular weight is 424 g/mol. The topological polar surface area (TPSA) is 68.3 Å². The molecule has 1 N–H and O–H groups in total. The molecular formula is C23H21FN2O3S. The van der Waals surface area contributed by atoms with E-state index in [9.17, 15) is 14.0 Å². The van der Waals surface area contributed by atoms with Crippen molar-refractivity contribution in [3.63, 3.8) is 0 Å². The lowest BCUT2D eigenvalue weighted by Crippen LogP contribution is -2.24. The third-order valence-electron chi connectivity index (χ3n) is 4.20. The van der Waals surface area contributed by atoms with E-state index in [0.717, 1.165) is 23.0 Å². The van der Waals surface area contributed by atoms with Crippen LogP contribution in [0.5, 0.6) is 5.75 Å². The molecule has 0 atom stereocenters. The molecule has 2 aromatic carbocycles. The Hall–Kier alpha value is -3.19. The highest BCUT2D eigenvalue weighted by atomic mass is 32.2. The van der Waals surface area contributed by atoms with Crippen LogP contribution in [0.2, 0.25) is 0 Å². The van der Waals surface area contributed by atoms with Crippen molar-refractivity contribution in [2.45, 2.75) is 25.0 Å². The third kappa shape index (κ3) is 6.42. The Labute approximate surface area is 178 Å². The average Bonchev–Trinajstić information content (AvgIpc) is 2.76. The molecule has 154 valence electrons. The minimum Gasteiger partial charge on any atom is -0.487 e.